The first-order valence-electron chi connectivity index (χ1n) is 12.4. The maximum Gasteiger partial charge on any atom is 0.111 e. The lowest BCUT2D eigenvalue weighted by Crippen LogP contribution is -1.97. The lowest BCUT2D eigenvalue weighted by atomic mass is 10.1. The number of allylic oxidation sites excluding steroid dienone is 8. The second-order valence-electron chi connectivity index (χ2n) is 8.13. The van der Waals surface area contributed by atoms with Gasteiger partial charge in [0.25, 0.3) is 0 Å². The van der Waals surface area contributed by atoms with Crippen molar-refractivity contribution < 1.29 is 5.11 Å². The third kappa shape index (κ3) is 40.8. The molecular weight excluding hydrogens is 402 g/mol. The number of hydrogen-bond acceptors (Lipinski definition) is 2. The molecule has 0 radical (unpaired) electrons. The normalized spacial score (nSPS) is 11.3. The fraction of sp³-hybridized carbons (Fsp3) is 0.581. The molecule has 0 aromatic rings. The number of hydrogen-bond donors (Lipinski definition) is 1. The Bertz CT molecular complexity index is 596. The Balaban J connectivity index is -0.000000108. The van der Waals surface area contributed by atoms with Crippen LogP contribution in [0.5, 0.6) is 0 Å². The van der Waals surface area contributed by atoms with Gasteiger partial charge in [0.15, 0.2) is 0 Å². The Labute approximate surface area is 209 Å². The summed E-state index contributed by atoms with van der Waals surface area (Å²) in [6.07, 6.45) is 12.9. The van der Waals surface area contributed by atoms with E-state index in [0.29, 0.717) is 0 Å². The molecule has 0 bridgehead atoms. The summed E-state index contributed by atoms with van der Waals surface area (Å²) in [5.74, 6) is 0.950. The van der Waals surface area contributed by atoms with E-state index in [4.69, 9.17) is 5.11 Å². The molecule has 2 heteroatoms. The molecule has 0 saturated carbocycles. The van der Waals surface area contributed by atoms with Crippen LogP contribution < -0.4 is 0 Å². The molecule has 1 N–H and O–H groups in total. The Morgan fingerprint density at radius 2 is 1.42 bits per heavy atom. The molecule has 0 aliphatic rings. The first-order chi connectivity index (χ1) is 15.4. The molecule has 0 heterocycles. The third-order valence-electron chi connectivity index (χ3n) is 3.95. The standard InChI is InChI=1S/C9H15NO.C9H14.C7H14.C4H10.C2H6/c1-6(8(3)10-5)7(2)9(4)11;1-4-7-9(6-3)8-5-2;1-4-5-6-7(2)3;1-4(2)3;1-2/h11H,4H2,1-3,5H3;4-5,7-8H,1,6H2,2-3H3;2,4-6H2,1,3H3;4H,1-3H3;1-2H3/b7-6-,10-8?;8-5-,9-7-;;;. The second kappa shape index (κ2) is 32.1. The Kier molecular flexibility index (Phi) is 40.1. The van der Waals surface area contributed by atoms with E-state index < -0.39 is 0 Å². The Morgan fingerprint density at radius 3 is 1.64 bits per heavy atom. The van der Waals surface area contributed by atoms with Gasteiger partial charge in [-0.25, -0.2) is 0 Å². The molecule has 33 heavy (non-hydrogen) atoms. The van der Waals surface area contributed by atoms with Crippen LogP contribution in [0.1, 0.15) is 109 Å². The molecule has 0 amide bonds. The summed E-state index contributed by atoms with van der Waals surface area (Å²) >= 11 is 0. The molecule has 0 saturated heterocycles. The van der Waals surface area contributed by atoms with E-state index in [1.165, 1.54) is 30.4 Å². The minimum absolute atomic E-state index is 0.116. The second-order valence-corrected chi connectivity index (χ2v) is 8.13. The molecule has 0 fully saturated rings. The van der Waals surface area contributed by atoms with Crippen LogP contribution in [0.3, 0.4) is 0 Å². The first-order valence-corrected chi connectivity index (χ1v) is 12.4. The maximum absolute atomic E-state index is 9.03. The summed E-state index contributed by atoms with van der Waals surface area (Å²) in [5.41, 5.74) is 5.35. The van der Waals surface area contributed by atoms with Crippen LogP contribution in [0.4, 0.5) is 0 Å². The number of aliphatic imine (C=N–C) groups is 1. The first kappa shape index (κ1) is 41.2. The number of nitrogens with zero attached hydrogens (tertiary/aromatic N) is 1. The van der Waals surface area contributed by atoms with Crippen LogP contribution in [0.2, 0.25) is 0 Å². The summed E-state index contributed by atoms with van der Waals surface area (Å²) in [7, 11) is 1.73. The smallest absolute Gasteiger partial charge is 0.111 e. The van der Waals surface area contributed by atoms with E-state index in [-0.39, 0.29) is 5.76 Å². The molecule has 0 aromatic carbocycles. The summed E-state index contributed by atoms with van der Waals surface area (Å²) < 4.78 is 0. The predicted molar refractivity (Wildman–Crippen MR) is 159 cm³/mol. The third-order valence-corrected chi connectivity index (χ3v) is 3.95. The lowest BCUT2D eigenvalue weighted by molar-refractivity contribution is 0.425. The van der Waals surface area contributed by atoms with E-state index in [0.717, 1.165) is 29.2 Å². The van der Waals surface area contributed by atoms with Crippen LogP contribution in [0.15, 0.2) is 77.1 Å². The molecule has 0 rings (SSSR count). The van der Waals surface area contributed by atoms with Gasteiger partial charge in [0.05, 0.1) is 0 Å². The van der Waals surface area contributed by atoms with Crippen molar-refractivity contribution in [3.8, 4) is 0 Å². The molecule has 0 aliphatic heterocycles. The van der Waals surface area contributed by atoms with Crippen molar-refractivity contribution in [2.75, 3.05) is 7.05 Å². The van der Waals surface area contributed by atoms with Crippen LogP contribution in [-0.4, -0.2) is 17.9 Å². The lowest BCUT2D eigenvalue weighted by Gasteiger charge is -2.04. The van der Waals surface area contributed by atoms with Gasteiger partial charge in [0, 0.05) is 12.8 Å². The van der Waals surface area contributed by atoms with Crippen molar-refractivity contribution in [3.63, 3.8) is 0 Å². The predicted octanol–water partition coefficient (Wildman–Crippen LogP) is 11.0. The van der Waals surface area contributed by atoms with E-state index in [9.17, 15) is 0 Å². The van der Waals surface area contributed by atoms with Crippen molar-refractivity contribution in [1.29, 1.82) is 0 Å². The van der Waals surface area contributed by atoms with Crippen LogP contribution >= 0.6 is 0 Å². The van der Waals surface area contributed by atoms with E-state index in [2.05, 4.69) is 72.3 Å². The van der Waals surface area contributed by atoms with Crippen LogP contribution in [0.25, 0.3) is 0 Å². The highest BCUT2D eigenvalue weighted by Gasteiger charge is 2.01. The minimum atomic E-state index is 0.116. The van der Waals surface area contributed by atoms with Crippen molar-refractivity contribution in [2.45, 2.75) is 109 Å². The highest BCUT2D eigenvalue weighted by atomic mass is 16.3. The molecule has 0 aromatic heterocycles. The fourth-order valence-electron chi connectivity index (χ4n) is 1.79. The SMILES string of the molecule is C=C(C)CCCC.C=C(O)/C(C)=C(/C)C(C)=NC.C=C/C=C(\C=C/C)CC.CC.CC(C)C. The highest BCUT2D eigenvalue weighted by molar-refractivity contribution is 5.98. The van der Waals surface area contributed by atoms with Gasteiger partial charge >= 0.3 is 0 Å². The number of aliphatic hydroxyl groups excluding tert-OH is 1. The van der Waals surface area contributed by atoms with Gasteiger partial charge in [-0.1, -0.05) is 97.9 Å². The molecule has 2 nitrogen and oxygen atoms in total. The maximum atomic E-state index is 9.03. The number of aliphatic hydroxyl groups is 1. The van der Waals surface area contributed by atoms with E-state index in [1.807, 2.05) is 59.8 Å². The van der Waals surface area contributed by atoms with Crippen molar-refractivity contribution in [1.82, 2.24) is 0 Å². The summed E-state index contributed by atoms with van der Waals surface area (Å²) in [5, 5.41) is 9.03. The van der Waals surface area contributed by atoms with Gasteiger partial charge in [0.1, 0.15) is 5.76 Å². The molecular formula is C31H59NO. The fourth-order valence-corrected chi connectivity index (χ4v) is 1.79. The van der Waals surface area contributed by atoms with E-state index >= 15 is 0 Å². The van der Waals surface area contributed by atoms with Gasteiger partial charge in [-0.15, -0.1) is 6.58 Å². The largest absolute Gasteiger partial charge is 0.508 e. The number of unbranched alkanes of at least 4 members (excludes halogenated alkanes) is 1. The zero-order chi connectivity index (χ0) is 27.4. The Hall–Kier alpha value is -2.09. The summed E-state index contributed by atoms with van der Waals surface area (Å²) in [4.78, 5) is 4.00. The molecule has 0 atom stereocenters. The molecule has 0 spiro atoms. The highest BCUT2D eigenvalue weighted by Crippen LogP contribution is 2.11. The van der Waals surface area contributed by atoms with Gasteiger partial charge in [-0.05, 0) is 76.5 Å². The zero-order valence-electron chi connectivity index (χ0n) is 24.7. The van der Waals surface area contributed by atoms with Gasteiger partial charge in [-0.3, -0.25) is 4.99 Å². The van der Waals surface area contributed by atoms with Crippen molar-refractivity contribution in [3.05, 3.63) is 72.1 Å². The van der Waals surface area contributed by atoms with Crippen molar-refractivity contribution in [2.24, 2.45) is 10.9 Å². The molecule has 0 unspecified atom stereocenters. The molecule has 194 valence electrons. The van der Waals surface area contributed by atoms with Crippen LogP contribution in [0, 0.1) is 5.92 Å². The Morgan fingerprint density at radius 1 is 0.970 bits per heavy atom. The van der Waals surface area contributed by atoms with Gasteiger partial charge in [0.2, 0.25) is 0 Å². The topological polar surface area (TPSA) is 32.6 Å². The van der Waals surface area contributed by atoms with E-state index in [1.54, 1.807) is 7.05 Å². The summed E-state index contributed by atoms with van der Waals surface area (Å²) in [6, 6.07) is 0. The van der Waals surface area contributed by atoms with Crippen LogP contribution in [-0.2, 0) is 0 Å². The average molecular weight is 462 g/mol. The number of rotatable bonds is 8. The summed E-state index contributed by atoms with van der Waals surface area (Å²) in [6.45, 7) is 35.4. The van der Waals surface area contributed by atoms with Gasteiger partial charge < -0.3 is 5.11 Å². The minimum Gasteiger partial charge on any atom is -0.508 e. The average Bonchev–Trinajstić information content (AvgIpc) is 2.77. The monoisotopic (exact) mass is 461 g/mol. The molecule has 0 aliphatic carbocycles. The van der Waals surface area contributed by atoms with Gasteiger partial charge in [-0.2, -0.15) is 0 Å². The zero-order valence-corrected chi connectivity index (χ0v) is 24.7. The van der Waals surface area contributed by atoms with Crippen molar-refractivity contribution >= 4 is 5.71 Å². The quantitative estimate of drug-likeness (QED) is 0.166.